The summed E-state index contributed by atoms with van der Waals surface area (Å²) in [7, 11) is 0. The van der Waals surface area contributed by atoms with E-state index in [0.717, 1.165) is 32.7 Å². The maximum absolute atomic E-state index is 13.6. The Kier molecular flexibility index (Phi) is 6.07. The number of nitrogens with one attached hydrogen (secondary N) is 1. The van der Waals surface area contributed by atoms with Gasteiger partial charge >= 0.3 is 0 Å². The van der Waals surface area contributed by atoms with Gasteiger partial charge in [0, 0.05) is 26.4 Å². The summed E-state index contributed by atoms with van der Waals surface area (Å²) in [6.45, 7) is 2.04. The number of pyridine rings is 1. The fraction of sp³-hybridized carbons (Fsp3) is 0.120. The van der Waals surface area contributed by atoms with Gasteiger partial charge in [-0.25, -0.2) is 4.39 Å². The van der Waals surface area contributed by atoms with Crippen molar-refractivity contribution in [3.8, 4) is 11.3 Å². The molecule has 0 aliphatic carbocycles. The number of aryl methyl sites for hydroxylation is 1. The number of aromatic nitrogens is 1. The van der Waals surface area contributed by atoms with Gasteiger partial charge < -0.3 is 14.6 Å². The fourth-order valence-electron chi connectivity index (χ4n) is 4.05. The van der Waals surface area contributed by atoms with E-state index < -0.39 is 0 Å². The summed E-state index contributed by atoms with van der Waals surface area (Å²) in [6, 6.07) is 19.9. The first-order valence-corrected chi connectivity index (χ1v) is 12.2. The van der Waals surface area contributed by atoms with Crippen LogP contribution < -0.4 is 10.2 Å². The Labute approximate surface area is 213 Å². The number of hydrogen-bond donors (Lipinski definition) is 1. The lowest BCUT2D eigenvalue weighted by molar-refractivity contribution is 0.439. The number of rotatable bonds is 4. The Morgan fingerprint density at radius 3 is 2.61 bits per heavy atom. The van der Waals surface area contributed by atoms with E-state index in [0.29, 0.717) is 15.3 Å². The quantitative estimate of drug-likeness (QED) is 0.251. The van der Waals surface area contributed by atoms with Crippen molar-refractivity contribution in [2.75, 3.05) is 4.90 Å². The highest BCUT2D eigenvalue weighted by atomic mass is 79.9. The van der Waals surface area contributed by atoms with E-state index in [2.05, 4.69) is 53.1 Å². The van der Waals surface area contributed by atoms with Crippen LogP contribution in [0.25, 0.3) is 11.3 Å². The molecule has 2 aromatic heterocycles. The van der Waals surface area contributed by atoms with Crippen LogP contribution in [0.1, 0.15) is 29.1 Å². The molecule has 4 aromatic rings. The molecular weight excluding hydrogens is 569 g/mol. The molecule has 0 unspecified atom stereocenters. The van der Waals surface area contributed by atoms with Crippen molar-refractivity contribution in [1.29, 1.82) is 0 Å². The van der Waals surface area contributed by atoms with Crippen LogP contribution in [-0.2, 0) is 0 Å². The van der Waals surface area contributed by atoms with E-state index in [4.69, 9.17) is 16.6 Å². The summed E-state index contributed by atoms with van der Waals surface area (Å²) in [6.07, 6.45) is 1.77. The molecule has 0 bridgehead atoms. The first kappa shape index (κ1) is 22.3. The summed E-state index contributed by atoms with van der Waals surface area (Å²) in [5.74, 6) is 1.06. The van der Waals surface area contributed by atoms with Gasteiger partial charge in [0.2, 0.25) is 0 Å². The lowest BCUT2D eigenvalue weighted by atomic mass is 10.0. The van der Waals surface area contributed by atoms with Crippen LogP contribution >= 0.6 is 44.1 Å². The van der Waals surface area contributed by atoms with Crippen LogP contribution in [0.2, 0.25) is 0 Å². The van der Waals surface area contributed by atoms with Crippen LogP contribution in [-0.4, -0.2) is 10.1 Å². The zero-order valence-electron chi connectivity index (χ0n) is 17.4. The van der Waals surface area contributed by atoms with Gasteiger partial charge in [0.25, 0.3) is 0 Å². The van der Waals surface area contributed by atoms with Crippen LogP contribution in [0.15, 0.2) is 86.3 Å². The third-order valence-electron chi connectivity index (χ3n) is 5.63. The third kappa shape index (κ3) is 4.23. The average Bonchev–Trinajstić information content (AvgIpc) is 3.41. The molecule has 5 rings (SSSR count). The number of halogens is 3. The molecule has 0 saturated carbocycles. The first-order valence-electron chi connectivity index (χ1n) is 10.2. The Morgan fingerprint density at radius 1 is 1.03 bits per heavy atom. The second-order valence-electron chi connectivity index (χ2n) is 7.76. The maximum atomic E-state index is 13.6. The van der Waals surface area contributed by atoms with Gasteiger partial charge in [0.05, 0.1) is 11.7 Å². The summed E-state index contributed by atoms with van der Waals surface area (Å²) in [5.41, 5.74) is 3.70. The molecule has 1 N–H and O–H groups in total. The zero-order valence-corrected chi connectivity index (χ0v) is 21.4. The molecule has 0 spiro atoms. The average molecular weight is 587 g/mol. The molecule has 1 aliphatic heterocycles. The van der Waals surface area contributed by atoms with Crippen molar-refractivity contribution in [1.82, 2.24) is 10.3 Å². The Hall–Kier alpha value is -2.55. The highest BCUT2D eigenvalue weighted by Gasteiger charge is 2.42. The molecule has 1 aliphatic rings. The van der Waals surface area contributed by atoms with Gasteiger partial charge in [-0.3, -0.25) is 4.98 Å². The van der Waals surface area contributed by atoms with Crippen molar-refractivity contribution < 1.29 is 8.81 Å². The number of thiocarbonyl (C=S) groups is 1. The van der Waals surface area contributed by atoms with Gasteiger partial charge in [-0.2, -0.15) is 0 Å². The Morgan fingerprint density at radius 2 is 1.88 bits per heavy atom. The number of hydrogen-bond acceptors (Lipinski definition) is 3. The van der Waals surface area contributed by atoms with Gasteiger partial charge in [-0.1, -0.05) is 22.0 Å². The van der Waals surface area contributed by atoms with Crippen LogP contribution in [0, 0.1) is 12.7 Å². The van der Waals surface area contributed by atoms with E-state index in [1.54, 1.807) is 12.3 Å². The van der Waals surface area contributed by atoms with Crippen LogP contribution in [0.3, 0.4) is 0 Å². The minimum absolute atomic E-state index is 0.210. The predicted molar refractivity (Wildman–Crippen MR) is 139 cm³/mol. The molecular formula is C25H18Br2FN3OS. The second kappa shape index (κ2) is 9.00. The molecule has 33 heavy (non-hydrogen) atoms. The minimum atomic E-state index is -0.310. The summed E-state index contributed by atoms with van der Waals surface area (Å²) in [4.78, 5) is 6.64. The molecule has 4 nitrogen and oxygen atoms in total. The van der Waals surface area contributed by atoms with Crippen molar-refractivity contribution in [2.24, 2.45) is 0 Å². The predicted octanol–water partition coefficient (Wildman–Crippen LogP) is 7.49. The highest BCUT2D eigenvalue weighted by Crippen LogP contribution is 2.44. The normalized spacial score (nSPS) is 17.9. The van der Waals surface area contributed by atoms with Crippen molar-refractivity contribution in [3.05, 3.63) is 105 Å². The first-order chi connectivity index (χ1) is 15.9. The van der Waals surface area contributed by atoms with Crippen LogP contribution in [0.5, 0.6) is 0 Å². The smallest absolute Gasteiger partial charge is 0.174 e. The second-order valence-corrected chi connectivity index (χ2v) is 9.85. The van der Waals surface area contributed by atoms with E-state index in [-0.39, 0.29) is 17.9 Å². The van der Waals surface area contributed by atoms with E-state index in [9.17, 15) is 4.39 Å². The molecule has 0 amide bonds. The van der Waals surface area contributed by atoms with E-state index in [1.165, 1.54) is 12.1 Å². The highest BCUT2D eigenvalue weighted by molar-refractivity contribution is 9.10. The van der Waals surface area contributed by atoms with Crippen molar-refractivity contribution >= 4 is 54.9 Å². The van der Waals surface area contributed by atoms with Crippen molar-refractivity contribution in [2.45, 2.75) is 19.0 Å². The molecule has 3 heterocycles. The molecule has 1 fully saturated rings. The number of anilines is 1. The maximum Gasteiger partial charge on any atom is 0.174 e. The molecule has 1 saturated heterocycles. The monoisotopic (exact) mass is 585 g/mol. The Balaban J connectivity index is 1.61. The fourth-order valence-corrected chi connectivity index (χ4v) is 5.19. The number of benzene rings is 2. The molecule has 2 atom stereocenters. The lowest BCUT2D eigenvalue weighted by Gasteiger charge is -2.26. The summed E-state index contributed by atoms with van der Waals surface area (Å²) >= 11 is 12.8. The van der Waals surface area contributed by atoms with Crippen molar-refractivity contribution in [3.63, 3.8) is 0 Å². The van der Waals surface area contributed by atoms with Gasteiger partial charge in [-0.15, -0.1) is 0 Å². The van der Waals surface area contributed by atoms with Gasteiger partial charge in [0.15, 0.2) is 5.11 Å². The summed E-state index contributed by atoms with van der Waals surface area (Å²) < 4.78 is 21.6. The molecule has 2 aromatic carbocycles. The molecule has 166 valence electrons. The molecule has 8 heteroatoms. The van der Waals surface area contributed by atoms with E-state index in [1.807, 2.05) is 49.4 Å². The van der Waals surface area contributed by atoms with Gasteiger partial charge in [0.1, 0.15) is 23.4 Å². The standard InChI is InChI=1S/C25H18Br2FN3OS/c1-14-12-16(6-8-18(14)26)31-24(23(30-25(31)33)20-4-2-3-11-29-20)22-10-9-21(32-22)17-7-5-15(28)13-19(17)27/h2-13,23-24H,1H3,(H,30,33)/t23-,24-/m1/s1. The van der Waals surface area contributed by atoms with E-state index >= 15 is 0 Å². The van der Waals surface area contributed by atoms with Crippen LogP contribution in [0.4, 0.5) is 10.1 Å². The lowest BCUT2D eigenvalue weighted by Crippen LogP contribution is -2.29. The van der Waals surface area contributed by atoms with Gasteiger partial charge in [-0.05, 0) is 101 Å². The topological polar surface area (TPSA) is 41.3 Å². The zero-order chi connectivity index (χ0) is 23.1. The molecule has 0 radical (unpaired) electrons. The summed E-state index contributed by atoms with van der Waals surface area (Å²) in [5, 5.41) is 4.03. The number of furan rings is 1. The number of nitrogens with zero attached hydrogens (tertiary/aromatic N) is 2. The largest absolute Gasteiger partial charge is 0.459 e. The SMILES string of the molecule is Cc1cc(N2C(=S)N[C@H](c3ccccn3)[C@H]2c2ccc(-c3ccc(F)cc3Br)o2)ccc1Br. The Bertz CT molecular complexity index is 1340. The third-order valence-corrected chi connectivity index (χ3v) is 7.49. The minimum Gasteiger partial charge on any atom is -0.459 e.